The maximum absolute atomic E-state index is 12.1. The van der Waals surface area contributed by atoms with Gasteiger partial charge >= 0.3 is 0 Å². The molecule has 0 spiro atoms. The Labute approximate surface area is 102 Å². The molecule has 0 aliphatic carbocycles. The fourth-order valence-corrected chi connectivity index (χ4v) is 2.66. The number of thiazole rings is 1. The molecule has 0 saturated carbocycles. The van der Waals surface area contributed by atoms with Crippen LogP contribution < -0.4 is 5.32 Å². The van der Waals surface area contributed by atoms with Gasteiger partial charge in [0.05, 0.1) is 5.41 Å². The number of nitrogens with zero attached hydrogens (tertiary/aromatic N) is 1. The quantitative estimate of drug-likeness (QED) is 0.912. The van der Waals surface area contributed by atoms with Crippen molar-refractivity contribution in [3.05, 3.63) is 34.0 Å². The van der Waals surface area contributed by atoms with Gasteiger partial charge in [0.2, 0.25) is 5.91 Å². The van der Waals surface area contributed by atoms with Crippen molar-refractivity contribution < 1.29 is 4.79 Å². The van der Waals surface area contributed by atoms with Crippen molar-refractivity contribution in [1.29, 1.82) is 0 Å². The van der Waals surface area contributed by atoms with E-state index < -0.39 is 5.41 Å². The highest BCUT2D eigenvalue weighted by Gasteiger charge is 2.31. The molecular weight excluding hydrogens is 240 g/mol. The van der Waals surface area contributed by atoms with Crippen LogP contribution in [0.2, 0.25) is 0 Å². The van der Waals surface area contributed by atoms with Crippen molar-refractivity contribution in [3.63, 3.8) is 0 Å². The van der Waals surface area contributed by atoms with E-state index in [2.05, 4.69) is 10.3 Å². The van der Waals surface area contributed by atoms with Gasteiger partial charge < -0.3 is 5.32 Å². The molecule has 0 fully saturated rings. The predicted molar refractivity (Wildman–Crippen MR) is 68.1 cm³/mol. The van der Waals surface area contributed by atoms with Crippen LogP contribution in [0.4, 0.5) is 5.13 Å². The normalized spacial score (nSPS) is 11.4. The number of carbonyl (C=O) groups excluding carboxylic acids is 1. The third-order valence-corrected chi connectivity index (χ3v) is 4.24. The summed E-state index contributed by atoms with van der Waals surface area (Å²) in [5, 5.41) is 7.29. The number of carbonyl (C=O) groups is 1. The van der Waals surface area contributed by atoms with Crippen molar-refractivity contribution in [1.82, 2.24) is 4.98 Å². The number of anilines is 1. The number of rotatable bonds is 3. The van der Waals surface area contributed by atoms with Gasteiger partial charge in [-0.1, -0.05) is 6.07 Å². The van der Waals surface area contributed by atoms with Crippen molar-refractivity contribution >= 4 is 33.7 Å². The van der Waals surface area contributed by atoms with E-state index in [9.17, 15) is 4.79 Å². The third kappa shape index (κ3) is 2.15. The second kappa shape index (κ2) is 4.35. The summed E-state index contributed by atoms with van der Waals surface area (Å²) >= 11 is 3.02. The maximum Gasteiger partial charge on any atom is 0.237 e. The lowest BCUT2D eigenvalue weighted by molar-refractivity contribution is -0.120. The van der Waals surface area contributed by atoms with Crippen LogP contribution in [-0.4, -0.2) is 10.9 Å². The van der Waals surface area contributed by atoms with E-state index in [-0.39, 0.29) is 5.91 Å². The van der Waals surface area contributed by atoms with Crippen LogP contribution in [0, 0.1) is 0 Å². The lowest BCUT2D eigenvalue weighted by Crippen LogP contribution is -2.33. The highest BCUT2D eigenvalue weighted by atomic mass is 32.1. The first-order valence-electron chi connectivity index (χ1n) is 4.85. The van der Waals surface area contributed by atoms with Crippen LogP contribution in [0.3, 0.4) is 0 Å². The molecule has 0 aliphatic heterocycles. The van der Waals surface area contributed by atoms with E-state index in [0.717, 1.165) is 4.88 Å². The van der Waals surface area contributed by atoms with Gasteiger partial charge in [0.15, 0.2) is 5.13 Å². The molecule has 0 unspecified atom stereocenters. The minimum atomic E-state index is -0.514. The highest BCUT2D eigenvalue weighted by Crippen LogP contribution is 2.29. The van der Waals surface area contributed by atoms with Gasteiger partial charge in [-0.15, -0.1) is 22.7 Å². The summed E-state index contributed by atoms with van der Waals surface area (Å²) in [6.07, 6.45) is 1.68. The molecule has 84 valence electrons. The molecule has 0 saturated heterocycles. The van der Waals surface area contributed by atoms with Crippen LogP contribution in [0.15, 0.2) is 29.1 Å². The molecule has 0 atom stereocenters. The summed E-state index contributed by atoms with van der Waals surface area (Å²) < 4.78 is 0. The molecular formula is C11H12N2OS2. The first-order chi connectivity index (χ1) is 7.60. The Kier molecular flexibility index (Phi) is 3.07. The van der Waals surface area contributed by atoms with Crippen LogP contribution >= 0.6 is 22.7 Å². The number of thiophene rings is 1. The first-order valence-corrected chi connectivity index (χ1v) is 6.61. The van der Waals surface area contributed by atoms with Crippen molar-refractivity contribution in [3.8, 4) is 0 Å². The smallest absolute Gasteiger partial charge is 0.237 e. The summed E-state index contributed by atoms with van der Waals surface area (Å²) in [5.41, 5.74) is -0.514. The molecule has 2 heterocycles. The van der Waals surface area contributed by atoms with Crippen LogP contribution in [0.5, 0.6) is 0 Å². The topological polar surface area (TPSA) is 42.0 Å². The van der Waals surface area contributed by atoms with Gasteiger partial charge in [0, 0.05) is 16.5 Å². The Balaban J connectivity index is 2.15. The van der Waals surface area contributed by atoms with Crippen LogP contribution in [-0.2, 0) is 10.2 Å². The molecule has 0 radical (unpaired) electrons. The molecule has 0 aromatic carbocycles. The molecule has 2 rings (SSSR count). The van der Waals surface area contributed by atoms with Crippen molar-refractivity contribution in [2.24, 2.45) is 0 Å². The Hall–Kier alpha value is -1.20. The van der Waals surface area contributed by atoms with Crippen molar-refractivity contribution in [2.75, 3.05) is 5.32 Å². The Morgan fingerprint density at radius 3 is 2.75 bits per heavy atom. The summed E-state index contributed by atoms with van der Waals surface area (Å²) in [4.78, 5) is 17.2. The number of amides is 1. The fourth-order valence-electron chi connectivity index (χ4n) is 1.28. The molecule has 1 amide bonds. The fraction of sp³-hybridized carbons (Fsp3) is 0.273. The van der Waals surface area contributed by atoms with Gasteiger partial charge in [-0.2, -0.15) is 0 Å². The zero-order valence-electron chi connectivity index (χ0n) is 9.06. The standard InChI is InChI=1S/C11H12N2OS2/c1-11(2,8-4-3-6-15-8)9(14)13-10-12-5-7-16-10/h3-7H,1-2H3,(H,12,13,14). The number of hydrogen-bond donors (Lipinski definition) is 1. The maximum atomic E-state index is 12.1. The largest absolute Gasteiger partial charge is 0.301 e. The second-order valence-corrected chi connectivity index (χ2v) is 5.74. The summed E-state index contributed by atoms with van der Waals surface area (Å²) in [5.74, 6) is -0.0232. The van der Waals surface area contributed by atoms with E-state index >= 15 is 0 Å². The number of nitrogens with one attached hydrogen (secondary N) is 1. The van der Waals surface area contributed by atoms with Gasteiger partial charge in [-0.25, -0.2) is 4.98 Å². The van der Waals surface area contributed by atoms with E-state index in [1.165, 1.54) is 11.3 Å². The van der Waals surface area contributed by atoms with Gasteiger partial charge in [0.1, 0.15) is 0 Å². The molecule has 2 aromatic heterocycles. The molecule has 0 bridgehead atoms. The zero-order valence-corrected chi connectivity index (χ0v) is 10.7. The summed E-state index contributed by atoms with van der Waals surface area (Å²) in [6, 6.07) is 3.94. The van der Waals surface area contributed by atoms with Crippen LogP contribution in [0.1, 0.15) is 18.7 Å². The molecule has 5 heteroatoms. The van der Waals surface area contributed by atoms with Crippen LogP contribution in [0.25, 0.3) is 0 Å². The zero-order chi connectivity index (χ0) is 11.6. The predicted octanol–water partition coefficient (Wildman–Crippen LogP) is 3.12. The number of aromatic nitrogens is 1. The Morgan fingerprint density at radius 2 is 2.19 bits per heavy atom. The van der Waals surface area contributed by atoms with E-state index in [0.29, 0.717) is 5.13 Å². The molecule has 16 heavy (non-hydrogen) atoms. The van der Waals surface area contributed by atoms with E-state index in [1.807, 2.05) is 36.7 Å². The summed E-state index contributed by atoms with van der Waals surface area (Å²) in [6.45, 7) is 3.84. The third-order valence-electron chi connectivity index (χ3n) is 2.36. The highest BCUT2D eigenvalue weighted by molar-refractivity contribution is 7.13. The average molecular weight is 252 g/mol. The Bertz CT molecular complexity index is 460. The SMILES string of the molecule is CC(C)(C(=O)Nc1nccs1)c1cccs1. The van der Waals surface area contributed by atoms with E-state index in [4.69, 9.17) is 0 Å². The average Bonchev–Trinajstić information content (AvgIpc) is 2.89. The first kappa shape index (κ1) is 11.3. The monoisotopic (exact) mass is 252 g/mol. The second-order valence-electron chi connectivity index (χ2n) is 3.89. The van der Waals surface area contributed by atoms with Gasteiger partial charge in [0.25, 0.3) is 0 Å². The van der Waals surface area contributed by atoms with Gasteiger partial charge in [-0.05, 0) is 25.3 Å². The molecule has 2 aromatic rings. The summed E-state index contributed by atoms with van der Waals surface area (Å²) in [7, 11) is 0. The lowest BCUT2D eigenvalue weighted by Gasteiger charge is -2.21. The minimum Gasteiger partial charge on any atom is -0.301 e. The number of hydrogen-bond acceptors (Lipinski definition) is 4. The van der Waals surface area contributed by atoms with E-state index in [1.54, 1.807) is 17.5 Å². The molecule has 0 aliphatic rings. The van der Waals surface area contributed by atoms with Crippen molar-refractivity contribution in [2.45, 2.75) is 19.3 Å². The molecule has 3 nitrogen and oxygen atoms in total. The minimum absolute atomic E-state index is 0.0232. The lowest BCUT2D eigenvalue weighted by atomic mass is 9.90. The molecule has 1 N–H and O–H groups in total. The Morgan fingerprint density at radius 1 is 1.38 bits per heavy atom. The van der Waals surface area contributed by atoms with Gasteiger partial charge in [-0.3, -0.25) is 4.79 Å².